The van der Waals surface area contributed by atoms with Gasteiger partial charge in [0.05, 0.1) is 12.0 Å². The first-order valence-corrected chi connectivity index (χ1v) is 8.70. The van der Waals surface area contributed by atoms with Crippen LogP contribution in [0.5, 0.6) is 23.0 Å². The second-order valence-electron chi connectivity index (χ2n) is 6.96. The van der Waals surface area contributed by atoms with Crippen molar-refractivity contribution in [3.63, 3.8) is 0 Å². The Morgan fingerprint density at radius 3 is 2.56 bits per heavy atom. The van der Waals surface area contributed by atoms with E-state index in [1.807, 2.05) is 32.0 Å². The number of ketones is 1. The zero-order valence-corrected chi connectivity index (χ0v) is 14.8. The highest BCUT2D eigenvalue weighted by Gasteiger charge is 2.39. The second kappa shape index (κ2) is 5.61. The first kappa shape index (κ1) is 15.9. The van der Waals surface area contributed by atoms with Crippen LogP contribution in [-0.2, 0) is 4.79 Å². The van der Waals surface area contributed by atoms with Gasteiger partial charge in [-0.05, 0) is 49.2 Å². The van der Waals surface area contributed by atoms with Crippen LogP contribution in [0.15, 0.2) is 41.7 Å². The van der Waals surface area contributed by atoms with Gasteiger partial charge in [0, 0.05) is 11.5 Å². The van der Waals surface area contributed by atoms with Crippen molar-refractivity contribution in [3.05, 3.63) is 58.4 Å². The predicted octanol–water partition coefficient (Wildman–Crippen LogP) is 3.73. The summed E-state index contributed by atoms with van der Waals surface area (Å²) in [6.45, 7) is 3.85. The molecule has 0 bridgehead atoms. The van der Waals surface area contributed by atoms with Crippen LogP contribution >= 0.6 is 0 Å². The number of allylic oxidation sites excluding steroid dienone is 2. The van der Waals surface area contributed by atoms with Crippen molar-refractivity contribution in [2.24, 2.45) is 0 Å². The highest BCUT2D eigenvalue weighted by atomic mass is 16.7. The van der Waals surface area contributed by atoms with Gasteiger partial charge in [-0.2, -0.15) is 0 Å². The molecule has 1 atom stereocenters. The van der Waals surface area contributed by atoms with Crippen molar-refractivity contribution in [2.75, 3.05) is 6.79 Å². The van der Waals surface area contributed by atoms with E-state index in [2.05, 4.69) is 0 Å². The standard InChI is InChI=1S/C21H16O6/c1-10(2)20-19(23)12-4-6-15-18(21(12)27-20)13(8-17(22)26-15)11-3-5-14-16(7-11)25-9-24-14/h3-7,13H,8-9H2,1-2H3/t13-/m1/s1. The maximum atomic E-state index is 12.7. The van der Waals surface area contributed by atoms with Gasteiger partial charge in [-0.3, -0.25) is 9.59 Å². The molecule has 0 spiro atoms. The van der Waals surface area contributed by atoms with E-state index >= 15 is 0 Å². The summed E-state index contributed by atoms with van der Waals surface area (Å²) in [5.74, 6) is 1.79. The summed E-state index contributed by atoms with van der Waals surface area (Å²) >= 11 is 0. The number of Topliss-reactive ketones (excluding diaryl/α,β-unsaturated/α-hetero) is 1. The normalized spacial score (nSPS) is 19.3. The fraction of sp³-hybridized carbons (Fsp3) is 0.238. The Morgan fingerprint density at radius 2 is 1.74 bits per heavy atom. The molecule has 6 nitrogen and oxygen atoms in total. The van der Waals surface area contributed by atoms with Gasteiger partial charge in [0.2, 0.25) is 12.6 Å². The molecule has 5 rings (SSSR count). The van der Waals surface area contributed by atoms with Crippen LogP contribution in [0.25, 0.3) is 0 Å². The van der Waals surface area contributed by atoms with Gasteiger partial charge in [0.15, 0.2) is 17.3 Å². The van der Waals surface area contributed by atoms with Gasteiger partial charge in [0.25, 0.3) is 0 Å². The Kier molecular flexibility index (Phi) is 3.31. The molecule has 27 heavy (non-hydrogen) atoms. The van der Waals surface area contributed by atoms with E-state index in [9.17, 15) is 9.59 Å². The summed E-state index contributed by atoms with van der Waals surface area (Å²) in [7, 11) is 0. The number of carbonyl (C=O) groups is 2. The van der Waals surface area contributed by atoms with E-state index in [1.54, 1.807) is 12.1 Å². The van der Waals surface area contributed by atoms with E-state index in [-0.39, 0.29) is 30.9 Å². The molecule has 0 saturated heterocycles. The number of ether oxygens (including phenoxy) is 4. The van der Waals surface area contributed by atoms with E-state index in [1.165, 1.54) is 0 Å². The summed E-state index contributed by atoms with van der Waals surface area (Å²) in [5.41, 5.74) is 2.90. The lowest BCUT2D eigenvalue weighted by Gasteiger charge is -2.26. The Labute approximate surface area is 155 Å². The molecule has 0 saturated carbocycles. The van der Waals surface area contributed by atoms with E-state index in [0.29, 0.717) is 34.3 Å². The summed E-state index contributed by atoms with van der Waals surface area (Å²) in [4.78, 5) is 24.8. The van der Waals surface area contributed by atoms with Gasteiger partial charge >= 0.3 is 5.97 Å². The monoisotopic (exact) mass is 364 g/mol. The average molecular weight is 364 g/mol. The SMILES string of the molecule is CC(C)=C1Oc2c(ccc3c2[C@@H](c2ccc4c(c2)OCO4)CC(=O)O3)C1=O. The molecule has 0 amide bonds. The molecule has 0 unspecified atom stereocenters. The maximum absolute atomic E-state index is 12.7. The highest BCUT2D eigenvalue weighted by molar-refractivity contribution is 6.13. The molecule has 0 N–H and O–H groups in total. The number of carbonyl (C=O) groups excluding carboxylic acids is 2. The van der Waals surface area contributed by atoms with E-state index in [0.717, 1.165) is 16.7 Å². The molecular formula is C21H16O6. The minimum atomic E-state index is -0.322. The zero-order chi connectivity index (χ0) is 18.7. The van der Waals surface area contributed by atoms with Crippen molar-refractivity contribution in [2.45, 2.75) is 26.2 Å². The molecule has 3 aliphatic rings. The third kappa shape index (κ3) is 2.33. The Hall–Kier alpha value is -3.28. The molecule has 0 radical (unpaired) electrons. The summed E-state index contributed by atoms with van der Waals surface area (Å²) in [6, 6.07) is 8.92. The minimum Gasteiger partial charge on any atom is -0.454 e. The number of benzene rings is 2. The van der Waals surface area contributed by atoms with Gasteiger partial charge < -0.3 is 18.9 Å². The van der Waals surface area contributed by atoms with Crippen molar-refractivity contribution in [3.8, 4) is 23.0 Å². The lowest BCUT2D eigenvalue weighted by Crippen LogP contribution is -2.21. The average Bonchev–Trinajstić information content (AvgIpc) is 3.24. The second-order valence-corrected chi connectivity index (χ2v) is 6.96. The van der Waals surface area contributed by atoms with Crippen molar-refractivity contribution < 1.29 is 28.5 Å². The van der Waals surface area contributed by atoms with Gasteiger partial charge in [-0.15, -0.1) is 0 Å². The molecule has 6 heteroatoms. The molecular weight excluding hydrogens is 348 g/mol. The van der Waals surface area contributed by atoms with Crippen molar-refractivity contribution in [1.82, 2.24) is 0 Å². The van der Waals surface area contributed by atoms with Crippen LogP contribution in [-0.4, -0.2) is 18.5 Å². The topological polar surface area (TPSA) is 71.1 Å². The third-order valence-electron chi connectivity index (χ3n) is 5.01. The molecule has 3 aliphatic heterocycles. The molecule has 0 fully saturated rings. The minimum absolute atomic E-state index is 0.144. The fourth-order valence-electron chi connectivity index (χ4n) is 3.74. The molecule has 2 aromatic rings. The molecule has 2 aromatic carbocycles. The van der Waals surface area contributed by atoms with Crippen LogP contribution in [0.3, 0.4) is 0 Å². The van der Waals surface area contributed by atoms with Crippen LogP contribution in [0.4, 0.5) is 0 Å². The fourth-order valence-corrected chi connectivity index (χ4v) is 3.74. The first-order chi connectivity index (χ1) is 13.0. The lowest BCUT2D eigenvalue weighted by atomic mass is 9.84. The largest absolute Gasteiger partial charge is 0.454 e. The third-order valence-corrected chi connectivity index (χ3v) is 5.01. The molecule has 0 aliphatic carbocycles. The maximum Gasteiger partial charge on any atom is 0.312 e. The van der Waals surface area contributed by atoms with Crippen LogP contribution in [0.2, 0.25) is 0 Å². The number of esters is 1. The molecule has 0 aromatic heterocycles. The lowest BCUT2D eigenvalue weighted by molar-refractivity contribution is -0.135. The number of fused-ring (bicyclic) bond motifs is 4. The van der Waals surface area contributed by atoms with Crippen molar-refractivity contribution in [1.29, 1.82) is 0 Å². The van der Waals surface area contributed by atoms with E-state index < -0.39 is 0 Å². The summed E-state index contributed by atoms with van der Waals surface area (Å²) < 4.78 is 22.2. The number of hydrogen-bond acceptors (Lipinski definition) is 6. The predicted molar refractivity (Wildman–Crippen MR) is 94.4 cm³/mol. The molecule has 3 heterocycles. The zero-order valence-electron chi connectivity index (χ0n) is 14.8. The van der Waals surface area contributed by atoms with Crippen LogP contribution in [0, 0.1) is 0 Å². The van der Waals surface area contributed by atoms with E-state index in [4.69, 9.17) is 18.9 Å². The van der Waals surface area contributed by atoms with Gasteiger partial charge in [-0.1, -0.05) is 6.07 Å². The van der Waals surface area contributed by atoms with Crippen molar-refractivity contribution >= 4 is 11.8 Å². The Morgan fingerprint density at radius 1 is 0.963 bits per heavy atom. The van der Waals surface area contributed by atoms with Gasteiger partial charge in [-0.25, -0.2) is 0 Å². The highest BCUT2D eigenvalue weighted by Crippen LogP contribution is 2.50. The van der Waals surface area contributed by atoms with Crippen LogP contribution in [0.1, 0.15) is 47.7 Å². The van der Waals surface area contributed by atoms with Gasteiger partial charge in [0.1, 0.15) is 11.5 Å². The summed E-state index contributed by atoms with van der Waals surface area (Å²) in [6.07, 6.45) is 0.158. The quantitative estimate of drug-likeness (QED) is 0.436. The Bertz CT molecular complexity index is 1040. The number of hydrogen-bond donors (Lipinski definition) is 0. The van der Waals surface area contributed by atoms with Crippen LogP contribution < -0.4 is 18.9 Å². The summed E-state index contributed by atoms with van der Waals surface area (Å²) in [5, 5.41) is 0. The number of rotatable bonds is 1. The first-order valence-electron chi connectivity index (χ1n) is 8.70. The molecule has 136 valence electrons. The smallest absolute Gasteiger partial charge is 0.312 e. The Balaban J connectivity index is 1.69.